The highest BCUT2D eigenvalue weighted by Crippen LogP contribution is 2.29. The van der Waals surface area contributed by atoms with Gasteiger partial charge >= 0.3 is 0 Å². The highest BCUT2D eigenvalue weighted by atomic mass is 16.2. The fraction of sp³-hybridized carbons (Fsp3) is 0.118. The van der Waals surface area contributed by atoms with Crippen LogP contribution < -0.4 is 16.6 Å². The number of carbonyl (C=O) groups is 1. The quantitative estimate of drug-likeness (QED) is 0.275. The predicted molar refractivity (Wildman–Crippen MR) is 159 cm³/mol. The summed E-state index contributed by atoms with van der Waals surface area (Å²) in [7, 11) is 1.78. The van der Waals surface area contributed by atoms with Crippen molar-refractivity contribution in [3.8, 4) is 22.3 Å². The number of rotatable bonds is 7. The van der Waals surface area contributed by atoms with Crippen molar-refractivity contribution in [3.63, 3.8) is 0 Å². The summed E-state index contributed by atoms with van der Waals surface area (Å²) in [6.45, 7) is 1.95. The Morgan fingerprint density at radius 2 is 1.18 bits per heavy atom. The zero-order valence-corrected chi connectivity index (χ0v) is 22.0. The van der Waals surface area contributed by atoms with Gasteiger partial charge in [-0.15, -0.1) is 0 Å². The molecule has 0 aliphatic heterocycles. The lowest BCUT2D eigenvalue weighted by Gasteiger charge is -2.24. The van der Waals surface area contributed by atoms with E-state index in [1.54, 1.807) is 17.7 Å². The molecule has 0 saturated heterocycles. The summed E-state index contributed by atoms with van der Waals surface area (Å²) >= 11 is 0. The number of aromatic nitrogens is 1. The van der Waals surface area contributed by atoms with Crippen molar-refractivity contribution in [1.82, 2.24) is 4.57 Å². The summed E-state index contributed by atoms with van der Waals surface area (Å²) in [6.07, 6.45) is 0. The lowest BCUT2D eigenvalue weighted by molar-refractivity contribution is -0.117. The molecule has 1 amide bonds. The van der Waals surface area contributed by atoms with Gasteiger partial charge in [-0.3, -0.25) is 9.59 Å². The van der Waals surface area contributed by atoms with E-state index < -0.39 is 6.04 Å². The van der Waals surface area contributed by atoms with E-state index in [1.807, 2.05) is 97.9 Å². The summed E-state index contributed by atoms with van der Waals surface area (Å²) < 4.78 is 1.66. The normalized spacial score (nSPS) is 11.8. The van der Waals surface area contributed by atoms with Gasteiger partial charge in [-0.2, -0.15) is 0 Å². The van der Waals surface area contributed by atoms with Gasteiger partial charge in [-0.25, -0.2) is 0 Å². The highest BCUT2D eigenvalue weighted by molar-refractivity contribution is 5.96. The molecule has 0 spiro atoms. The average Bonchev–Trinajstić information content (AvgIpc) is 2.98. The van der Waals surface area contributed by atoms with E-state index in [-0.39, 0.29) is 17.4 Å². The van der Waals surface area contributed by atoms with Gasteiger partial charge in [0.2, 0.25) is 11.5 Å². The molecule has 5 nitrogen and oxygen atoms in total. The van der Waals surface area contributed by atoms with Gasteiger partial charge in [0.25, 0.3) is 0 Å². The van der Waals surface area contributed by atoms with Gasteiger partial charge in [-0.1, -0.05) is 97.1 Å². The largest absolute Gasteiger partial charge is 0.325 e. The second-order valence-electron chi connectivity index (χ2n) is 9.70. The first-order chi connectivity index (χ1) is 18.9. The van der Waals surface area contributed by atoms with E-state index in [2.05, 4.69) is 29.6 Å². The minimum Gasteiger partial charge on any atom is -0.325 e. The van der Waals surface area contributed by atoms with Crippen LogP contribution in [0.1, 0.15) is 22.7 Å². The molecule has 0 unspecified atom stereocenters. The Hall–Kier alpha value is -4.74. The standard InChI is InChI=1S/C34H31N3O2/c1-23-30(21-22-31(38)37(23)2)26-15-13-24(14-16-26)25-17-19-29(20-18-25)36-34(39)33(35)32(27-9-5-3-6-10-27)28-11-7-4-8-12-28/h3-22,32-33H,35H2,1-2H3,(H,36,39)/t33-/m0/s1. The first-order valence-corrected chi connectivity index (χ1v) is 13.0. The van der Waals surface area contributed by atoms with Gasteiger partial charge in [0.15, 0.2) is 0 Å². The number of anilines is 1. The number of carbonyl (C=O) groups excluding carboxylic acids is 1. The van der Waals surface area contributed by atoms with E-state index in [0.717, 1.165) is 39.1 Å². The first-order valence-electron chi connectivity index (χ1n) is 13.0. The minimum atomic E-state index is -0.761. The Balaban J connectivity index is 1.31. The SMILES string of the molecule is Cc1c(-c2ccc(-c3ccc(NC(=O)[C@@H](N)C(c4ccccc4)c4ccccc4)cc3)cc2)ccc(=O)n1C. The van der Waals surface area contributed by atoms with E-state index in [1.165, 1.54) is 0 Å². The Morgan fingerprint density at radius 3 is 1.72 bits per heavy atom. The molecule has 0 radical (unpaired) electrons. The molecule has 0 saturated carbocycles. The van der Waals surface area contributed by atoms with Crippen molar-refractivity contribution >= 4 is 11.6 Å². The van der Waals surface area contributed by atoms with Gasteiger partial charge < -0.3 is 15.6 Å². The van der Waals surface area contributed by atoms with Crippen molar-refractivity contribution in [1.29, 1.82) is 0 Å². The molecule has 0 aliphatic rings. The van der Waals surface area contributed by atoms with Crippen LogP contribution in [0.15, 0.2) is 126 Å². The topological polar surface area (TPSA) is 77.1 Å². The number of benzene rings is 4. The van der Waals surface area contributed by atoms with Crippen LogP contribution >= 0.6 is 0 Å². The molecular formula is C34H31N3O2. The molecule has 0 aliphatic carbocycles. The van der Waals surface area contributed by atoms with Crippen LogP contribution in [0, 0.1) is 6.92 Å². The zero-order chi connectivity index (χ0) is 27.4. The molecule has 5 rings (SSSR count). The van der Waals surface area contributed by atoms with Gasteiger partial charge in [-0.05, 0) is 52.9 Å². The molecule has 1 aromatic heterocycles. The molecule has 1 atom stereocenters. The fourth-order valence-corrected chi connectivity index (χ4v) is 4.93. The molecular weight excluding hydrogens is 482 g/mol. The Morgan fingerprint density at radius 1 is 0.692 bits per heavy atom. The minimum absolute atomic E-state index is 0.0170. The second kappa shape index (κ2) is 11.3. The number of nitrogens with zero attached hydrogens (tertiary/aromatic N) is 1. The Bertz CT molecular complexity index is 1590. The number of pyridine rings is 1. The molecule has 4 aromatic carbocycles. The molecule has 39 heavy (non-hydrogen) atoms. The van der Waals surface area contributed by atoms with Crippen LogP contribution in [0.5, 0.6) is 0 Å². The van der Waals surface area contributed by atoms with Crippen molar-refractivity contribution in [2.45, 2.75) is 18.9 Å². The maximum absolute atomic E-state index is 13.2. The third-order valence-electron chi connectivity index (χ3n) is 7.28. The smallest absolute Gasteiger partial charge is 0.250 e. The van der Waals surface area contributed by atoms with E-state index in [0.29, 0.717) is 5.69 Å². The fourth-order valence-electron chi connectivity index (χ4n) is 4.93. The van der Waals surface area contributed by atoms with Crippen molar-refractivity contribution in [2.75, 3.05) is 5.32 Å². The van der Waals surface area contributed by atoms with Crippen molar-refractivity contribution in [3.05, 3.63) is 149 Å². The predicted octanol–water partition coefficient (Wildman–Crippen LogP) is 6.13. The Labute approximate surface area is 228 Å². The third-order valence-corrected chi connectivity index (χ3v) is 7.28. The number of amides is 1. The van der Waals surface area contributed by atoms with Crippen LogP contribution in [0.3, 0.4) is 0 Å². The maximum atomic E-state index is 13.2. The maximum Gasteiger partial charge on any atom is 0.250 e. The summed E-state index contributed by atoms with van der Waals surface area (Å²) in [5.41, 5.74) is 14.3. The third kappa shape index (κ3) is 5.59. The monoisotopic (exact) mass is 513 g/mol. The summed E-state index contributed by atoms with van der Waals surface area (Å²) in [6, 6.07) is 38.5. The van der Waals surface area contributed by atoms with Crippen LogP contribution in [0.25, 0.3) is 22.3 Å². The van der Waals surface area contributed by atoms with Crippen molar-refractivity contribution < 1.29 is 4.79 Å². The number of hydrogen-bond donors (Lipinski definition) is 2. The lowest BCUT2D eigenvalue weighted by atomic mass is 9.85. The second-order valence-corrected chi connectivity index (χ2v) is 9.70. The van der Waals surface area contributed by atoms with Crippen LogP contribution in [-0.4, -0.2) is 16.5 Å². The van der Waals surface area contributed by atoms with Crippen molar-refractivity contribution in [2.24, 2.45) is 12.8 Å². The van der Waals surface area contributed by atoms with E-state index in [9.17, 15) is 9.59 Å². The van der Waals surface area contributed by atoms with Gasteiger partial charge in [0.1, 0.15) is 0 Å². The molecule has 3 N–H and O–H groups in total. The van der Waals surface area contributed by atoms with Gasteiger partial charge in [0, 0.05) is 36.0 Å². The summed E-state index contributed by atoms with van der Waals surface area (Å²) in [5.74, 6) is -0.502. The van der Waals surface area contributed by atoms with Crippen LogP contribution in [0.4, 0.5) is 5.69 Å². The molecule has 5 heteroatoms. The van der Waals surface area contributed by atoms with E-state index >= 15 is 0 Å². The van der Waals surface area contributed by atoms with Crippen LogP contribution in [0.2, 0.25) is 0 Å². The number of nitrogens with two attached hydrogens (primary N) is 1. The highest BCUT2D eigenvalue weighted by Gasteiger charge is 2.27. The lowest BCUT2D eigenvalue weighted by Crippen LogP contribution is -2.41. The first kappa shape index (κ1) is 25.9. The van der Waals surface area contributed by atoms with Gasteiger partial charge in [0.05, 0.1) is 6.04 Å². The molecule has 5 aromatic rings. The van der Waals surface area contributed by atoms with Crippen LogP contribution in [-0.2, 0) is 11.8 Å². The summed E-state index contributed by atoms with van der Waals surface area (Å²) in [4.78, 5) is 25.1. The Kier molecular flexibility index (Phi) is 7.53. The summed E-state index contributed by atoms with van der Waals surface area (Å²) in [5, 5.41) is 3.00. The zero-order valence-electron chi connectivity index (χ0n) is 22.0. The molecule has 0 fully saturated rings. The number of nitrogens with one attached hydrogen (secondary N) is 1. The average molecular weight is 514 g/mol. The molecule has 1 heterocycles. The number of hydrogen-bond acceptors (Lipinski definition) is 3. The molecule has 194 valence electrons. The molecule has 0 bridgehead atoms. The van der Waals surface area contributed by atoms with E-state index in [4.69, 9.17) is 5.73 Å².